The van der Waals surface area contributed by atoms with Crippen LogP contribution in [0.5, 0.6) is 0 Å². The van der Waals surface area contributed by atoms with Crippen molar-refractivity contribution in [3.8, 4) is 0 Å². The third-order valence-corrected chi connectivity index (χ3v) is 5.69. The number of hydrogen-bond acceptors (Lipinski definition) is 6. The van der Waals surface area contributed by atoms with Gasteiger partial charge in [0.2, 0.25) is 0 Å². The normalized spacial score (nSPS) is 18.7. The number of aromatic nitrogens is 1. The zero-order valence-corrected chi connectivity index (χ0v) is 22.1. The summed E-state index contributed by atoms with van der Waals surface area (Å²) in [6.45, 7) is 14.8. The molecule has 0 aliphatic carbocycles. The molecule has 0 aromatic carbocycles. The van der Waals surface area contributed by atoms with E-state index in [4.69, 9.17) is 4.42 Å². The summed E-state index contributed by atoms with van der Waals surface area (Å²) in [5.74, 6) is 0.442. The molecule has 3 fully saturated rings. The van der Waals surface area contributed by atoms with Crippen molar-refractivity contribution in [1.29, 1.82) is 0 Å². The average molecular weight is 477 g/mol. The molecule has 0 unspecified atom stereocenters. The van der Waals surface area contributed by atoms with Crippen molar-refractivity contribution in [1.82, 2.24) is 29.9 Å². The Balaban J connectivity index is 0.000000243. The zero-order valence-electron chi connectivity index (χ0n) is 22.1. The summed E-state index contributed by atoms with van der Waals surface area (Å²) < 4.78 is 5.07. The second-order valence-electron chi connectivity index (χ2n) is 8.52. The van der Waals surface area contributed by atoms with Crippen LogP contribution in [0.4, 0.5) is 0 Å². The summed E-state index contributed by atoms with van der Waals surface area (Å²) in [4.78, 5) is 23.4. The first kappa shape index (κ1) is 29.9. The van der Waals surface area contributed by atoms with Crippen molar-refractivity contribution >= 4 is 5.91 Å². The Morgan fingerprint density at radius 2 is 1.29 bits per heavy atom. The molecule has 34 heavy (non-hydrogen) atoms. The molecular weight excluding hydrogens is 428 g/mol. The summed E-state index contributed by atoms with van der Waals surface area (Å²) >= 11 is 0. The number of rotatable bonds is 1. The third kappa shape index (κ3) is 13.5. The van der Waals surface area contributed by atoms with Gasteiger partial charge in [-0.3, -0.25) is 4.79 Å². The van der Waals surface area contributed by atoms with E-state index in [1.165, 1.54) is 45.3 Å². The van der Waals surface area contributed by atoms with Crippen molar-refractivity contribution in [2.24, 2.45) is 0 Å². The maximum absolute atomic E-state index is 11.8. The summed E-state index contributed by atoms with van der Waals surface area (Å²) in [6, 6.07) is 7.34. The molecule has 3 saturated heterocycles. The maximum Gasteiger partial charge on any atom is 0.289 e. The fraction of sp³-hybridized carbons (Fsp3) is 0.654. The van der Waals surface area contributed by atoms with E-state index < -0.39 is 0 Å². The number of nitrogens with one attached hydrogen (secondary N) is 2. The number of carbonyl (C=O) groups is 1. The summed E-state index contributed by atoms with van der Waals surface area (Å²) in [5.41, 5.74) is 0. The Kier molecular flexibility index (Phi) is 16.9. The van der Waals surface area contributed by atoms with Gasteiger partial charge in [0.15, 0.2) is 5.76 Å². The molecule has 0 spiro atoms. The number of piperazine rings is 2. The minimum atomic E-state index is 0.00287. The van der Waals surface area contributed by atoms with Crippen LogP contribution in [0.2, 0.25) is 0 Å². The molecule has 3 aliphatic rings. The fourth-order valence-electron chi connectivity index (χ4n) is 3.50. The fourth-order valence-corrected chi connectivity index (χ4v) is 3.50. The van der Waals surface area contributed by atoms with Gasteiger partial charge in [0.25, 0.3) is 5.91 Å². The van der Waals surface area contributed by atoms with Crippen LogP contribution in [-0.4, -0.2) is 117 Å². The maximum atomic E-state index is 11.8. The Bertz CT molecular complexity index is 655. The van der Waals surface area contributed by atoms with Crippen LogP contribution in [0.1, 0.15) is 37.2 Å². The first-order valence-electron chi connectivity index (χ1n) is 12.7. The minimum absolute atomic E-state index is 0.00287. The molecule has 0 saturated carbocycles. The second-order valence-corrected chi connectivity index (χ2v) is 8.52. The minimum Gasteiger partial charge on any atom is -0.459 e. The third-order valence-electron chi connectivity index (χ3n) is 5.69. The van der Waals surface area contributed by atoms with Gasteiger partial charge in [-0.15, -0.1) is 0 Å². The molecule has 1 amide bonds. The Labute approximate surface area is 207 Å². The summed E-state index contributed by atoms with van der Waals surface area (Å²) in [5, 5.41) is 3.27. The molecule has 5 heterocycles. The predicted octanol–water partition coefficient (Wildman–Crippen LogP) is 2.94. The van der Waals surface area contributed by atoms with Crippen LogP contribution in [0.15, 0.2) is 47.3 Å². The van der Waals surface area contributed by atoms with Gasteiger partial charge in [0.1, 0.15) is 0 Å². The lowest BCUT2D eigenvalue weighted by Gasteiger charge is -2.31. The molecule has 0 atom stereocenters. The van der Waals surface area contributed by atoms with Gasteiger partial charge in [-0.25, -0.2) is 0 Å². The van der Waals surface area contributed by atoms with E-state index in [-0.39, 0.29) is 5.91 Å². The van der Waals surface area contributed by atoms with Gasteiger partial charge in [0, 0.05) is 64.8 Å². The Morgan fingerprint density at radius 1 is 0.765 bits per heavy atom. The van der Waals surface area contributed by atoms with Crippen molar-refractivity contribution in [2.45, 2.75) is 26.7 Å². The van der Waals surface area contributed by atoms with Gasteiger partial charge in [-0.1, -0.05) is 13.8 Å². The highest BCUT2D eigenvalue weighted by molar-refractivity contribution is 5.91. The highest BCUT2D eigenvalue weighted by atomic mass is 16.3. The number of hydrogen-bond donors (Lipinski definition) is 2. The highest BCUT2D eigenvalue weighted by Gasteiger charge is 2.21. The van der Waals surface area contributed by atoms with Crippen LogP contribution in [0.25, 0.3) is 0 Å². The van der Waals surface area contributed by atoms with E-state index in [2.05, 4.69) is 46.1 Å². The van der Waals surface area contributed by atoms with E-state index in [0.29, 0.717) is 5.76 Å². The quantitative estimate of drug-likeness (QED) is 0.660. The number of amides is 1. The standard InChI is InChI=1S/C10H14N2O2.C5H12N2.C5H11N.C4H5N.C2H6/c1-11-4-6-12(7-5-11)10(13)9-3-2-8-14-9;1-7-4-2-6-3-5-7;1-6-4-2-3-5-6;1-2-4-5-3-1;1-2/h2-3,8H,4-7H2,1H3;6H,2-5H2,1H3;2-5H2,1H3;1-5H;1-2H3. The highest BCUT2D eigenvalue weighted by Crippen LogP contribution is 2.08. The number of carbonyl (C=O) groups excluding carboxylic acids is 1. The van der Waals surface area contributed by atoms with Gasteiger partial charge in [0.05, 0.1) is 6.26 Å². The molecule has 0 bridgehead atoms. The summed E-state index contributed by atoms with van der Waals surface area (Å²) in [7, 11) is 6.39. The zero-order chi connectivity index (χ0) is 25.0. The van der Waals surface area contributed by atoms with E-state index in [0.717, 1.165) is 39.3 Å². The van der Waals surface area contributed by atoms with Gasteiger partial charge < -0.3 is 34.3 Å². The van der Waals surface area contributed by atoms with Gasteiger partial charge >= 0.3 is 0 Å². The molecule has 3 aliphatic heterocycles. The number of aromatic amines is 1. The second kappa shape index (κ2) is 19.2. The van der Waals surface area contributed by atoms with Gasteiger partial charge in [-0.2, -0.15) is 0 Å². The molecule has 8 heteroatoms. The first-order chi connectivity index (χ1) is 16.6. The first-order valence-corrected chi connectivity index (χ1v) is 12.7. The van der Waals surface area contributed by atoms with Gasteiger partial charge in [-0.05, 0) is 71.3 Å². The molecule has 2 aromatic rings. The average Bonchev–Trinajstić information content (AvgIpc) is 3.67. The van der Waals surface area contributed by atoms with Crippen molar-refractivity contribution in [3.63, 3.8) is 0 Å². The lowest BCUT2D eigenvalue weighted by Crippen LogP contribution is -2.47. The SMILES string of the molecule is CC.CN1CCCC1.CN1CCN(C(=O)c2ccco2)CC1.CN1CCNCC1.c1cc[nH]c1. The lowest BCUT2D eigenvalue weighted by atomic mass is 10.3. The number of H-pyrrole nitrogens is 1. The molecule has 0 radical (unpaired) electrons. The van der Waals surface area contributed by atoms with E-state index in [9.17, 15) is 4.79 Å². The van der Waals surface area contributed by atoms with E-state index >= 15 is 0 Å². The molecule has 2 N–H and O–H groups in total. The molecule has 194 valence electrons. The molecular formula is C26H48N6O2. The summed E-state index contributed by atoms with van der Waals surface area (Å²) in [6.07, 6.45) is 8.11. The number of furan rings is 1. The lowest BCUT2D eigenvalue weighted by molar-refractivity contribution is 0.0632. The van der Waals surface area contributed by atoms with Crippen molar-refractivity contribution in [2.75, 3.05) is 86.6 Å². The monoisotopic (exact) mass is 476 g/mol. The molecule has 5 rings (SSSR count). The Morgan fingerprint density at radius 3 is 1.65 bits per heavy atom. The smallest absolute Gasteiger partial charge is 0.289 e. The van der Waals surface area contributed by atoms with E-state index in [1.54, 1.807) is 12.1 Å². The molecule has 8 nitrogen and oxygen atoms in total. The van der Waals surface area contributed by atoms with Crippen LogP contribution >= 0.6 is 0 Å². The topological polar surface area (TPSA) is 71.0 Å². The van der Waals surface area contributed by atoms with Crippen molar-refractivity contribution < 1.29 is 9.21 Å². The molecule has 2 aromatic heterocycles. The number of likely N-dealkylation sites (N-methyl/N-ethyl adjacent to an activating group) is 2. The largest absolute Gasteiger partial charge is 0.459 e. The Hall–Kier alpha value is -2.13. The number of likely N-dealkylation sites (tertiary alicyclic amines) is 1. The number of nitrogens with zero attached hydrogens (tertiary/aromatic N) is 4. The van der Waals surface area contributed by atoms with Crippen molar-refractivity contribution in [3.05, 3.63) is 48.7 Å². The predicted molar refractivity (Wildman–Crippen MR) is 141 cm³/mol. The van der Waals surface area contributed by atoms with Crippen LogP contribution in [-0.2, 0) is 0 Å². The van der Waals surface area contributed by atoms with Crippen LogP contribution in [0, 0.1) is 0 Å². The van der Waals surface area contributed by atoms with Crippen LogP contribution < -0.4 is 5.32 Å². The van der Waals surface area contributed by atoms with Crippen LogP contribution in [0.3, 0.4) is 0 Å². The van der Waals surface area contributed by atoms with E-state index in [1.807, 2.05) is 43.3 Å².